The molecule has 0 spiro atoms. The SMILES string of the molecule is CCOP(C)(=O)/C(=C\c1cccc2ccccc12)P(=O)(OCC)OCC. The van der Waals surface area contributed by atoms with Crippen LogP contribution >= 0.6 is 15.0 Å². The summed E-state index contributed by atoms with van der Waals surface area (Å²) in [7, 11) is -7.13. The van der Waals surface area contributed by atoms with Gasteiger partial charge in [-0.15, -0.1) is 0 Å². The predicted molar refractivity (Wildman–Crippen MR) is 108 cm³/mol. The van der Waals surface area contributed by atoms with Crippen LogP contribution in [0.1, 0.15) is 26.3 Å². The fourth-order valence-electron chi connectivity index (χ4n) is 2.76. The molecule has 26 heavy (non-hydrogen) atoms. The van der Waals surface area contributed by atoms with Crippen LogP contribution < -0.4 is 0 Å². The molecule has 2 aromatic rings. The molecular formula is C19H26O5P2. The standard InChI is InChI=1S/C19H26O5P2/c1-5-22-25(4,20)19(26(21,23-6-2)24-7-3)15-17-13-10-12-16-11-8-9-14-18(16)17/h8-15H,5-7H2,1-4H3/b19-15+. The van der Waals surface area contributed by atoms with Crippen molar-refractivity contribution in [3.05, 3.63) is 53.1 Å². The second-order valence-corrected chi connectivity index (χ2v) is 10.4. The van der Waals surface area contributed by atoms with E-state index in [0.29, 0.717) is 0 Å². The molecule has 0 fully saturated rings. The predicted octanol–water partition coefficient (Wildman–Crippen LogP) is 6.35. The minimum Gasteiger partial charge on any atom is -0.326 e. The summed E-state index contributed by atoms with van der Waals surface area (Å²) in [6.45, 7) is 7.24. The molecule has 0 amide bonds. The second kappa shape index (κ2) is 9.12. The first kappa shape index (κ1) is 21.1. The van der Waals surface area contributed by atoms with Crippen molar-refractivity contribution in [3.63, 3.8) is 0 Å². The van der Waals surface area contributed by atoms with Gasteiger partial charge in [0.15, 0.2) is 0 Å². The summed E-state index contributed by atoms with van der Waals surface area (Å²) in [6, 6.07) is 13.6. The Morgan fingerprint density at radius 2 is 1.46 bits per heavy atom. The van der Waals surface area contributed by atoms with Crippen molar-refractivity contribution in [1.82, 2.24) is 0 Å². The van der Waals surface area contributed by atoms with E-state index in [1.165, 1.54) is 6.66 Å². The first-order chi connectivity index (χ1) is 12.4. The van der Waals surface area contributed by atoms with Gasteiger partial charge in [0, 0.05) is 6.66 Å². The maximum absolute atomic E-state index is 13.4. The van der Waals surface area contributed by atoms with E-state index in [1.54, 1.807) is 26.8 Å². The molecule has 0 aromatic heterocycles. The van der Waals surface area contributed by atoms with E-state index < -0.39 is 15.0 Å². The zero-order valence-electron chi connectivity index (χ0n) is 15.7. The first-order valence-corrected chi connectivity index (χ1v) is 12.3. The van der Waals surface area contributed by atoms with Crippen molar-refractivity contribution in [2.45, 2.75) is 20.8 Å². The molecule has 2 rings (SSSR count). The van der Waals surface area contributed by atoms with E-state index in [2.05, 4.69) is 0 Å². The van der Waals surface area contributed by atoms with Gasteiger partial charge in [-0.1, -0.05) is 42.5 Å². The van der Waals surface area contributed by atoms with Crippen molar-refractivity contribution in [2.24, 2.45) is 0 Å². The van der Waals surface area contributed by atoms with E-state index >= 15 is 0 Å². The van der Waals surface area contributed by atoms with Gasteiger partial charge in [0.1, 0.15) is 5.06 Å². The highest BCUT2D eigenvalue weighted by Crippen LogP contribution is 2.72. The van der Waals surface area contributed by atoms with Crippen molar-refractivity contribution in [2.75, 3.05) is 26.5 Å². The van der Waals surface area contributed by atoms with Crippen LogP contribution in [0, 0.1) is 0 Å². The summed E-state index contributed by atoms with van der Waals surface area (Å²) < 4.78 is 43.0. The number of rotatable bonds is 9. The fraction of sp³-hybridized carbons (Fsp3) is 0.368. The lowest BCUT2D eigenvalue weighted by Gasteiger charge is -2.24. The summed E-state index contributed by atoms with van der Waals surface area (Å²) >= 11 is 0. The molecule has 0 bridgehead atoms. The third kappa shape index (κ3) is 4.73. The molecule has 0 saturated heterocycles. The van der Waals surface area contributed by atoms with Crippen LogP contribution in [0.5, 0.6) is 0 Å². The summed E-state index contributed by atoms with van der Waals surface area (Å²) in [5.41, 5.74) is 0.791. The van der Waals surface area contributed by atoms with Crippen molar-refractivity contribution in [3.8, 4) is 0 Å². The Morgan fingerprint density at radius 1 is 0.885 bits per heavy atom. The molecular weight excluding hydrogens is 370 g/mol. The van der Waals surface area contributed by atoms with Crippen LogP contribution in [0.15, 0.2) is 47.5 Å². The van der Waals surface area contributed by atoms with E-state index in [-0.39, 0.29) is 24.9 Å². The van der Waals surface area contributed by atoms with Gasteiger partial charge in [0.2, 0.25) is 7.37 Å². The molecule has 1 unspecified atom stereocenters. The summed E-state index contributed by atoms with van der Waals surface area (Å²) in [5, 5.41) is 2.08. The third-order valence-electron chi connectivity index (χ3n) is 3.78. The lowest BCUT2D eigenvalue weighted by molar-refractivity contribution is 0.227. The molecule has 0 heterocycles. The molecule has 0 radical (unpaired) electrons. The van der Waals surface area contributed by atoms with Crippen LogP contribution in [0.25, 0.3) is 16.8 Å². The smallest absolute Gasteiger partial charge is 0.326 e. The summed E-state index contributed by atoms with van der Waals surface area (Å²) in [6.07, 6.45) is 1.64. The monoisotopic (exact) mass is 396 g/mol. The molecule has 0 aliphatic rings. The highest BCUT2D eigenvalue weighted by atomic mass is 31.2. The highest BCUT2D eigenvalue weighted by Gasteiger charge is 2.40. The lowest BCUT2D eigenvalue weighted by atomic mass is 10.1. The van der Waals surface area contributed by atoms with Gasteiger partial charge >= 0.3 is 7.60 Å². The molecule has 0 saturated carbocycles. The topological polar surface area (TPSA) is 61.8 Å². The number of benzene rings is 2. The van der Waals surface area contributed by atoms with Crippen LogP contribution in [0.3, 0.4) is 0 Å². The Bertz CT molecular complexity index is 860. The number of hydrogen-bond donors (Lipinski definition) is 0. The van der Waals surface area contributed by atoms with Gasteiger partial charge in [-0.05, 0) is 43.2 Å². The maximum Gasteiger partial charge on any atom is 0.367 e. The fourth-order valence-corrected chi connectivity index (χ4v) is 7.37. The minimum absolute atomic E-state index is 0.0897. The highest BCUT2D eigenvalue weighted by molar-refractivity contribution is 7.81. The zero-order chi connectivity index (χ0) is 19.2. The Kier molecular flexibility index (Phi) is 7.40. The van der Waals surface area contributed by atoms with Crippen LogP contribution in [0.4, 0.5) is 0 Å². The lowest BCUT2D eigenvalue weighted by Crippen LogP contribution is -2.02. The Balaban J connectivity index is 2.72. The molecule has 0 N–H and O–H groups in total. The van der Waals surface area contributed by atoms with Gasteiger partial charge < -0.3 is 13.6 Å². The van der Waals surface area contributed by atoms with Crippen LogP contribution in [0.2, 0.25) is 0 Å². The van der Waals surface area contributed by atoms with Gasteiger partial charge in [0.05, 0.1) is 19.8 Å². The van der Waals surface area contributed by atoms with Gasteiger partial charge in [-0.25, -0.2) is 0 Å². The molecule has 7 heteroatoms. The number of fused-ring (bicyclic) bond motifs is 1. The Hall–Kier alpha value is -1.22. The van der Waals surface area contributed by atoms with Gasteiger partial charge in [-0.3, -0.25) is 9.13 Å². The maximum atomic E-state index is 13.4. The minimum atomic E-state index is -3.75. The summed E-state index contributed by atoms with van der Waals surface area (Å²) in [4.78, 5) is 0. The van der Waals surface area contributed by atoms with Gasteiger partial charge in [-0.2, -0.15) is 0 Å². The second-order valence-electron chi connectivity index (χ2n) is 5.67. The largest absolute Gasteiger partial charge is 0.367 e. The summed E-state index contributed by atoms with van der Waals surface area (Å²) in [5.74, 6) is 0. The molecule has 142 valence electrons. The van der Waals surface area contributed by atoms with E-state index in [0.717, 1.165) is 16.3 Å². The molecule has 0 aliphatic carbocycles. The number of hydrogen-bond acceptors (Lipinski definition) is 5. The Morgan fingerprint density at radius 3 is 2.08 bits per heavy atom. The molecule has 5 nitrogen and oxygen atoms in total. The third-order valence-corrected chi connectivity index (χ3v) is 9.20. The molecule has 2 aromatic carbocycles. The van der Waals surface area contributed by atoms with E-state index in [1.807, 2.05) is 42.5 Å². The quantitative estimate of drug-likeness (QED) is 0.462. The molecule has 0 aliphatic heterocycles. The van der Waals surface area contributed by atoms with Gasteiger partial charge in [0.25, 0.3) is 0 Å². The van der Waals surface area contributed by atoms with Crippen molar-refractivity contribution in [1.29, 1.82) is 0 Å². The van der Waals surface area contributed by atoms with Crippen molar-refractivity contribution < 1.29 is 22.7 Å². The average Bonchev–Trinajstić information content (AvgIpc) is 2.60. The van der Waals surface area contributed by atoms with Crippen molar-refractivity contribution >= 4 is 31.8 Å². The first-order valence-electron chi connectivity index (χ1n) is 8.69. The van der Waals surface area contributed by atoms with E-state index in [4.69, 9.17) is 13.6 Å². The van der Waals surface area contributed by atoms with Crippen LogP contribution in [-0.2, 0) is 22.7 Å². The average molecular weight is 396 g/mol. The zero-order valence-corrected chi connectivity index (χ0v) is 17.5. The molecule has 1 atom stereocenters. The van der Waals surface area contributed by atoms with Crippen LogP contribution in [-0.4, -0.2) is 26.5 Å². The van der Waals surface area contributed by atoms with E-state index in [9.17, 15) is 9.13 Å². The normalized spacial score (nSPS) is 15.2. The Labute approximate surface area is 155 Å².